The third-order valence-corrected chi connectivity index (χ3v) is 9.98. The lowest BCUT2D eigenvalue weighted by Gasteiger charge is -2.52. The van der Waals surface area contributed by atoms with E-state index in [1.807, 2.05) is 42.5 Å². The largest absolute Gasteiger partial charge is 0.493 e. The first-order valence-corrected chi connectivity index (χ1v) is 16.2. The average molecular weight is 602 g/mol. The van der Waals surface area contributed by atoms with Gasteiger partial charge in [-0.3, -0.25) is 9.59 Å². The second-order valence-corrected chi connectivity index (χ2v) is 14.9. The number of halogens is 1. The average Bonchev–Trinajstić information content (AvgIpc) is 2.95. The molecule has 43 heavy (non-hydrogen) atoms. The van der Waals surface area contributed by atoms with Crippen LogP contribution in [0.2, 0.25) is 5.02 Å². The lowest BCUT2D eigenvalue weighted by molar-refractivity contribution is -0.119. The number of hydrogen-bond acceptors (Lipinski definition) is 5. The van der Waals surface area contributed by atoms with Crippen LogP contribution in [0.4, 0.5) is 0 Å². The smallest absolute Gasteiger partial charge is 0.180 e. The molecule has 6 rings (SSSR count). The molecule has 1 aliphatic heterocycles. The van der Waals surface area contributed by atoms with Crippen molar-refractivity contribution >= 4 is 23.2 Å². The monoisotopic (exact) mass is 601 g/mol. The van der Waals surface area contributed by atoms with Crippen molar-refractivity contribution in [2.75, 3.05) is 7.11 Å². The van der Waals surface area contributed by atoms with Crippen LogP contribution in [0.25, 0.3) is 0 Å². The number of benzene rings is 2. The molecular formula is C37H44ClNO4. The third-order valence-electron chi connectivity index (χ3n) is 9.70. The van der Waals surface area contributed by atoms with E-state index in [2.05, 4.69) is 32.6 Å². The zero-order chi connectivity index (χ0) is 30.5. The van der Waals surface area contributed by atoms with E-state index in [0.29, 0.717) is 42.0 Å². The maximum absolute atomic E-state index is 14.2. The van der Waals surface area contributed by atoms with E-state index in [0.717, 1.165) is 59.4 Å². The second-order valence-electron chi connectivity index (χ2n) is 14.5. The fourth-order valence-corrected chi connectivity index (χ4v) is 8.16. The van der Waals surface area contributed by atoms with E-state index in [4.69, 9.17) is 21.1 Å². The van der Waals surface area contributed by atoms with Gasteiger partial charge in [0, 0.05) is 47.3 Å². The highest BCUT2D eigenvalue weighted by Crippen LogP contribution is 2.56. The van der Waals surface area contributed by atoms with Gasteiger partial charge in [-0.2, -0.15) is 0 Å². The molecule has 2 aromatic carbocycles. The highest BCUT2D eigenvalue weighted by Gasteiger charge is 2.50. The molecule has 5 nitrogen and oxygen atoms in total. The number of Topliss-reactive ketones (excluding diaryl/α,β-unsaturated/α-hetero) is 2. The molecule has 6 heteroatoms. The van der Waals surface area contributed by atoms with Crippen LogP contribution in [0.15, 0.2) is 65.0 Å². The standard InChI is InChI=1S/C37H44ClNO4/c1-36(2)18-27-33(29(40)20-36)32(24-16-26(38)35(31(17-24)42-5)43-22-23-12-8-6-9-13-23)34-28(19-37(3,4)21-30(34)41)39(27)25-14-10-7-11-15-25/h6,8-9,12-13,16-17,25,32H,7,10-11,14-15,18-22H2,1-5H3. The van der Waals surface area contributed by atoms with Gasteiger partial charge in [-0.05, 0) is 59.8 Å². The Morgan fingerprint density at radius 1 is 0.837 bits per heavy atom. The van der Waals surface area contributed by atoms with Gasteiger partial charge in [0.25, 0.3) is 0 Å². The maximum Gasteiger partial charge on any atom is 0.180 e. The van der Waals surface area contributed by atoms with E-state index in [-0.39, 0.29) is 22.4 Å². The van der Waals surface area contributed by atoms with Gasteiger partial charge in [-0.15, -0.1) is 0 Å². The highest BCUT2D eigenvalue weighted by molar-refractivity contribution is 6.32. The van der Waals surface area contributed by atoms with Gasteiger partial charge in [0.2, 0.25) is 0 Å². The van der Waals surface area contributed by atoms with Crippen LogP contribution in [-0.2, 0) is 16.2 Å². The summed E-state index contributed by atoms with van der Waals surface area (Å²) in [5.41, 5.74) is 5.37. The molecular weight excluding hydrogens is 558 g/mol. The molecule has 1 fully saturated rings. The number of allylic oxidation sites excluding steroid dienone is 4. The first kappa shape index (κ1) is 30.0. The first-order valence-electron chi connectivity index (χ1n) is 15.8. The normalized spacial score (nSPS) is 22.4. The Kier molecular flexibility index (Phi) is 8.00. The Hall–Kier alpha value is -3.05. The minimum absolute atomic E-state index is 0.140. The summed E-state index contributed by atoms with van der Waals surface area (Å²) in [5, 5.41) is 0.413. The summed E-state index contributed by atoms with van der Waals surface area (Å²) in [7, 11) is 1.61. The van der Waals surface area contributed by atoms with Crippen LogP contribution >= 0.6 is 11.6 Å². The number of methoxy groups -OCH3 is 1. The predicted molar refractivity (Wildman–Crippen MR) is 170 cm³/mol. The van der Waals surface area contributed by atoms with Crippen LogP contribution < -0.4 is 9.47 Å². The molecule has 0 N–H and O–H groups in total. The number of carbonyl (C=O) groups is 2. The van der Waals surface area contributed by atoms with Gasteiger partial charge in [-0.25, -0.2) is 0 Å². The van der Waals surface area contributed by atoms with Crippen molar-refractivity contribution in [2.24, 2.45) is 10.8 Å². The summed E-state index contributed by atoms with van der Waals surface area (Å²) in [6.45, 7) is 9.13. The molecule has 2 aromatic rings. The van der Waals surface area contributed by atoms with Crippen LogP contribution in [0.1, 0.15) is 103 Å². The summed E-state index contributed by atoms with van der Waals surface area (Å²) < 4.78 is 12.0. The maximum atomic E-state index is 14.2. The molecule has 3 aliphatic carbocycles. The van der Waals surface area contributed by atoms with Gasteiger partial charge in [-0.1, -0.05) is 88.9 Å². The van der Waals surface area contributed by atoms with E-state index in [1.165, 1.54) is 19.3 Å². The van der Waals surface area contributed by atoms with Crippen LogP contribution in [0, 0.1) is 10.8 Å². The quantitative estimate of drug-likeness (QED) is 0.331. The molecule has 4 aliphatic rings. The lowest BCUT2D eigenvalue weighted by Crippen LogP contribution is -2.48. The molecule has 0 radical (unpaired) electrons. The number of ketones is 2. The predicted octanol–water partition coefficient (Wildman–Crippen LogP) is 8.95. The summed E-state index contributed by atoms with van der Waals surface area (Å²) in [5.74, 6) is 0.782. The van der Waals surface area contributed by atoms with Gasteiger partial charge in [0.15, 0.2) is 23.1 Å². The number of carbonyl (C=O) groups excluding carboxylic acids is 2. The summed E-state index contributed by atoms with van der Waals surface area (Å²) in [4.78, 5) is 30.9. The van der Waals surface area contributed by atoms with Crippen molar-refractivity contribution in [2.45, 2.75) is 104 Å². The van der Waals surface area contributed by atoms with Crippen molar-refractivity contribution in [1.29, 1.82) is 0 Å². The van der Waals surface area contributed by atoms with E-state index < -0.39 is 5.92 Å². The second kappa shape index (κ2) is 11.5. The fourth-order valence-electron chi connectivity index (χ4n) is 7.89. The van der Waals surface area contributed by atoms with Gasteiger partial charge in [0.05, 0.1) is 12.1 Å². The van der Waals surface area contributed by atoms with Crippen LogP contribution in [0.5, 0.6) is 11.5 Å². The summed E-state index contributed by atoms with van der Waals surface area (Å²) >= 11 is 6.95. The number of rotatable bonds is 6. The van der Waals surface area contributed by atoms with Crippen molar-refractivity contribution in [3.05, 3.63) is 81.2 Å². The number of nitrogens with zero attached hydrogens (tertiary/aromatic N) is 1. The number of ether oxygens (including phenoxy) is 2. The van der Waals surface area contributed by atoms with Crippen molar-refractivity contribution in [3.8, 4) is 11.5 Å². The Labute approximate surface area is 261 Å². The highest BCUT2D eigenvalue weighted by atomic mass is 35.5. The zero-order valence-corrected chi connectivity index (χ0v) is 27.0. The Morgan fingerprint density at radius 3 is 1.98 bits per heavy atom. The summed E-state index contributed by atoms with van der Waals surface area (Å²) in [6.07, 6.45) is 8.35. The molecule has 0 bridgehead atoms. The molecule has 228 valence electrons. The van der Waals surface area contributed by atoms with Gasteiger partial charge in [0.1, 0.15) is 6.61 Å². The first-order chi connectivity index (χ1) is 20.5. The fraction of sp³-hybridized carbons (Fsp3) is 0.514. The topological polar surface area (TPSA) is 55.8 Å². The molecule has 0 spiro atoms. The van der Waals surface area contributed by atoms with Crippen LogP contribution in [-0.4, -0.2) is 29.6 Å². The van der Waals surface area contributed by atoms with E-state index in [9.17, 15) is 9.59 Å². The minimum atomic E-state index is -0.466. The zero-order valence-electron chi connectivity index (χ0n) is 26.2. The Bertz CT molecular complexity index is 1440. The third kappa shape index (κ3) is 5.78. The minimum Gasteiger partial charge on any atom is -0.493 e. The van der Waals surface area contributed by atoms with E-state index in [1.54, 1.807) is 7.11 Å². The molecule has 1 heterocycles. The molecule has 0 atom stereocenters. The molecule has 1 saturated carbocycles. The molecule has 0 amide bonds. The Balaban J connectivity index is 1.51. The molecule has 0 unspecified atom stereocenters. The molecule has 0 aromatic heterocycles. The SMILES string of the molecule is COc1cc(C2C3=C(CC(C)(C)CC3=O)N(C3CCCCC3)C3=C2C(=O)CC(C)(C)C3)cc(Cl)c1OCc1ccccc1. The number of hydrogen-bond donors (Lipinski definition) is 0. The summed E-state index contributed by atoms with van der Waals surface area (Å²) in [6, 6.07) is 14.1. The van der Waals surface area contributed by atoms with Gasteiger partial charge >= 0.3 is 0 Å². The van der Waals surface area contributed by atoms with E-state index >= 15 is 0 Å². The van der Waals surface area contributed by atoms with Crippen molar-refractivity contribution < 1.29 is 19.1 Å². The molecule has 0 saturated heterocycles. The van der Waals surface area contributed by atoms with Crippen molar-refractivity contribution in [3.63, 3.8) is 0 Å². The van der Waals surface area contributed by atoms with Gasteiger partial charge < -0.3 is 14.4 Å². The Morgan fingerprint density at radius 2 is 1.42 bits per heavy atom. The lowest BCUT2D eigenvalue weighted by atomic mass is 9.63. The van der Waals surface area contributed by atoms with Crippen molar-refractivity contribution in [1.82, 2.24) is 4.90 Å². The van der Waals surface area contributed by atoms with Crippen LogP contribution in [0.3, 0.4) is 0 Å².